The summed E-state index contributed by atoms with van der Waals surface area (Å²) in [5.41, 5.74) is 3.19. The second kappa shape index (κ2) is 4.87. The Labute approximate surface area is 101 Å². The normalized spacial score (nSPS) is 12.7. The molecule has 0 spiro atoms. The topological polar surface area (TPSA) is 50.9 Å². The lowest BCUT2D eigenvalue weighted by Gasteiger charge is -2.14. The molecule has 0 fully saturated rings. The predicted octanol–water partition coefficient (Wildman–Crippen LogP) is 2.28. The maximum Gasteiger partial charge on any atom is 0.128 e. The zero-order chi connectivity index (χ0) is 12.4. The van der Waals surface area contributed by atoms with Crippen molar-refractivity contribution in [1.82, 2.24) is 10.4 Å². The minimum Gasteiger partial charge on any atom is -0.271 e. The zero-order valence-electron chi connectivity index (χ0n) is 9.08. The van der Waals surface area contributed by atoms with Crippen LogP contribution in [0.25, 0.3) is 0 Å². The molecular formula is C11H11F2N3S. The summed E-state index contributed by atoms with van der Waals surface area (Å²) in [6.45, 7) is 1.84. The predicted molar refractivity (Wildman–Crippen MR) is 62.4 cm³/mol. The molecule has 0 saturated heterocycles. The molecule has 0 aliphatic rings. The highest BCUT2D eigenvalue weighted by Crippen LogP contribution is 2.25. The molecule has 0 aliphatic heterocycles. The van der Waals surface area contributed by atoms with E-state index in [0.717, 1.165) is 23.2 Å². The molecule has 1 aromatic heterocycles. The number of aromatic nitrogens is 1. The molecule has 0 radical (unpaired) electrons. The van der Waals surface area contributed by atoms with E-state index >= 15 is 0 Å². The highest BCUT2D eigenvalue weighted by Gasteiger charge is 2.19. The fraction of sp³-hybridized carbons (Fsp3) is 0.182. The Kier molecular flexibility index (Phi) is 3.46. The van der Waals surface area contributed by atoms with Crippen molar-refractivity contribution in [3.8, 4) is 0 Å². The Morgan fingerprint density at radius 2 is 2.18 bits per heavy atom. The first kappa shape index (κ1) is 12.1. The Bertz CT molecular complexity index is 527. The summed E-state index contributed by atoms with van der Waals surface area (Å²) in [4.78, 5) is 4.22. The number of nitrogens with one attached hydrogen (secondary N) is 1. The van der Waals surface area contributed by atoms with E-state index in [0.29, 0.717) is 5.69 Å². The average Bonchev–Trinajstić information content (AvgIpc) is 2.71. The van der Waals surface area contributed by atoms with Crippen LogP contribution in [0.1, 0.15) is 22.3 Å². The van der Waals surface area contributed by atoms with Gasteiger partial charge in [-0.25, -0.2) is 19.2 Å². The van der Waals surface area contributed by atoms with Gasteiger partial charge in [-0.3, -0.25) is 5.84 Å². The molecule has 17 heavy (non-hydrogen) atoms. The van der Waals surface area contributed by atoms with E-state index in [9.17, 15) is 8.78 Å². The monoisotopic (exact) mass is 255 g/mol. The number of rotatable bonds is 3. The SMILES string of the molecule is Cc1nc(C(NN)c2cc(F)ccc2F)cs1. The molecule has 6 heteroatoms. The number of halogens is 2. The molecule has 2 rings (SSSR count). The molecule has 0 saturated carbocycles. The maximum atomic E-state index is 13.6. The molecule has 3 N–H and O–H groups in total. The van der Waals surface area contributed by atoms with Gasteiger partial charge in [0.05, 0.1) is 16.7 Å². The van der Waals surface area contributed by atoms with Crippen LogP contribution in [0.5, 0.6) is 0 Å². The van der Waals surface area contributed by atoms with Crippen LogP contribution in [0, 0.1) is 18.6 Å². The summed E-state index contributed by atoms with van der Waals surface area (Å²) in [6.07, 6.45) is 0. The van der Waals surface area contributed by atoms with Gasteiger partial charge in [0, 0.05) is 10.9 Å². The van der Waals surface area contributed by atoms with Gasteiger partial charge in [0.1, 0.15) is 11.6 Å². The third kappa shape index (κ3) is 2.49. The third-order valence-electron chi connectivity index (χ3n) is 2.37. The first-order valence-corrected chi connectivity index (χ1v) is 5.83. The van der Waals surface area contributed by atoms with Crippen LogP contribution >= 0.6 is 11.3 Å². The van der Waals surface area contributed by atoms with Crippen molar-refractivity contribution in [2.24, 2.45) is 5.84 Å². The van der Waals surface area contributed by atoms with Gasteiger partial charge in [0.15, 0.2) is 0 Å². The minimum atomic E-state index is -0.643. The van der Waals surface area contributed by atoms with Crippen molar-refractivity contribution in [1.29, 1.82) is 0 Å². The lowest BCUT2D eigenvalue weighted by molar-refractivity contribution is 0.540. The van der Waals surface area contributed by atoms with E-state index in [1.165, 1.54) is 11.3 Å². The highest BCUT2D eigenvalue weighted by atomic mass is 32.1. The van der Waals surface area contributed by atoms with Crippen LogP contribution < -0.4 is 11.3 Å². The van der Waals surface area contributed by atoms with Crippen LogP contribution in [0.15, 0.2) is 23.6 Å². The zero-order valence-corrected chi connectivity index (χ0v) is 9.89. The summed E-state index contributed by atoms with van der Waals surface area (Å²) < 4.78 is 26.7. The molecule has 2 aromatic rings. The largest absolute Gasteiger partial charge is 0.271 e. The number of nitrogens with two attached hydrogens (primary N) is 1. The van der Waals surface area contributed by atoms with Gasteiger partial charge in [-0.05, 0) is 25.1 Å². The first-order valence-electron chi connectivity index (χ1n) is 4.95. The molecule has 90 valence electrons. The number of benzene rings is 1. The second-order valence-electron chi connectivity index (χ2n) is 3.56. The maximum absolute atomic E-state index is 13.6. The molecule has 0 amide bonds. The van der Waals surface area contributed by atoms with Crippen molar-refractivity contribution >= 4 is 11.3 Å². The number of nitrogens with zero attached hydrogens (tertiary/aromatic N) is 1. The molecule has 1 unspecified atom stereocenters. The number of aryl methyl sites for hydroxylation is 1. The van der Waals surface area contributed by atoms with E-state index < -0.39 is 17.7 Å². The highest BCUT2D eigenvalue weighted by molar-refractivity contribution is 7.09. The molecule has 3 nitrogen and oxygen atoms in total. The van der Waals surface area contributed by atoms with Crippen molar-refractivity contribution in [3.63, 3.8) is 0 Å². The number of hydrogen-bond acceptors (Lipinski definition) is 4. The van der Waals surface area contributed by atoms with Crippen molar-refractivity contribution in [2.75, 3.05) is 0 Å². The van der Waals surface area contributed by atoms with Crippen molar-refractivity contribution < 1.29 is 8.78 Å². The van der Waals surface area contributed by atoms with E-state index in [2.05, 4.69) is 10.4 Å². The molecule has 0 aliphatic carbocycles. The van der Waals surface area contributed by atoms with Gasteiger partial charge >= 0.3 is 0 Å². The minimum absolute atomic E-state index is 0.151. The van der Waals surface area contributed by atoms with Gasteiger partial charge in [0.2, 0.25) is 0 Å². The smallest absolute Gasteiger partial charge is 0.128 e. The Morgan fingerprint density at radius 1 is 1.41 bits per heavy atom. The van der Waals surface area contributed by atoms with E-state index in [1.807, 2.05) is 6.92 Å². The number of thiazole rings is 1. The fourth-order valence-electron chi connectivity index (χ4n) is 1.58. The van der Waals surface area contributed by atoms with Crippen LogP contribution in [0.2, 0.25) is 0 Å². The quantitative estimate of drug-likeness (QED) is 0.653. The van der Waals surface area contributed by atoms with E-state index in [-0.39, 0.29) is 5.56 Å². The summed E-state index contributed by atoms with van der Waals surface area (Å²) in [5.74, 6) is 4.37. The summed E-state index contributed by atoms with van der Waals surface area (Å²) in [6, 6.07) is 2.62. The van der Waals surface area contributed by atoms with Crippen molar-refractivity contribution in [3.05, 3.63) is 51.5 Å². The fourth-order valence-corrected chi connectivity index (χ4v) is 2.22. The van der Waals surface area contributed by atoms with Gasteiger partial charge in [0.25, 0.3) is 0 Å². The van der Waals surface area contributed by atoms with Crippen LogP contribution in [0.3, 0.4) is 0 Å². The van der Waals surface area contributed by atoms with Gasteiger partial charge in [-0.1, -0.05) is 0 Å². The van der Waals surface area contributed by atoms with Crippen LogP contribution in [-0.2, 0) is 0 Å². The van der Waals surface area contributed by atoms with Crippen molar-refractivity contribution in [2.45, 2.75) is 13.0 Å². The van der Waals surface area contributed by atoms with E-state index in [4.69, 9.17) is 5.84 Å². The first-order chi connectivity index (χ1) is 8.11. The lowest BCUT2D eigenvalue weighted by atomic mass is 10.0. The standard InChI is InChI=1S/C11H11F2N3S/c1-6-15-10(5-17-6)11(16-14)8-4-7(12)2-3-9(8)13/h2-5,11,16H,14H2,1H3. The average molecular weight is 255 g/mol. The van der Waals surface area contributed by atoms with Crippen LogP contribution in [0.4, 0.5) is 8.78 Å². The van der Waals surface area contributed by atoms with Gasteiger partial charge in [-0.15, -0.1) is 11.3 Å². The summed E-state index contributed by atoms with van der Waals surface area (Å²) in [7, 11) is 0. The van der Waals surface area contributed by atoms with E-state index in [1.54, 1.807) is 5.38 Å². The molecule has 0 bridgehead atoms. The lowest BCUT2D eigenvalue weighted by Crippen LogP contribution is -2.29. The number of hydrogen-bond donors (Lipinski definition) is 2. The summed E-state index contributed by atoms with van der Waals surface area (Å²) in [5, 5.41) is 2.61. The molecule has 1 aromatic carbocycles. The Balaban J connectivity index is 2.45. The Hall–Kier alpha value is -1.37. The third-order valence-corrected chi connectivity index (χ3v) is 3.16. The second-order valence-corrected chi connectivity index (χ2v) is 4.62. The molecule has 1 atom stereocenters. The molecular weight excluding hydrogens is 244 g/mol. The number of hydrazine groups is 1. The van der Waals surface area contributed by atoms with Crippen LogP contribution in [-0.4, -0.2) is 4.98 Å². The van der Waals surface area contributed by atoms with Gasteiger partial charge < -0.3 is 0 Å². The summed E-state index contributed by atoms with van der Waals surface area (Å²) >= 11 is 1.43. The van der Waals surface area contributed by atoms with Gasteiger partial charge in [-0.2, -0.15) is 0 Å². The molecule has 1 heterocycles. The Morgan fingerprint density at radius 3 is 2.76 bits per heavy atom.